The number of likely N-dealkylation sites (tertiary alicyclic amines) is 1. The van der Waals surface area contributed by atoms with Gasteiger partial charge in [-0.05, 0) is 51.7 Å². The van der Waals surface area contributed by atoms with E-state index in [9.17, 15) is 4.79 Å². The molecular formula is C14H29N3O. The number of nitrogens with zero attached hydrogens (tertiary/aromatic N) is 1. The van der Waals surface area contributed by atoms with E-state index in [0.29, 0.717) is 6.04 Å². The van der Waals surface area contributed by atoms with Gasteiger partial charge in [0.05, 0.1) is 0 Å². The zero-order valence-electron chi connectivity index (χ0n) is 12.1. The summed E-state index contributed by atoms with van der Waals surface area (Å²) in [5, 5.41) is 3.58. The number of amides is 1. The summed E-state index contributed by atoms with van der Waals surface area (Å²) in [4.78, 5) is 13.4. The van der Waals surface area contributed by atoms with Crippen LogP contribution in [0.5, 0.6) is 0 Å². The largest absolute Gasteiger partial charge is 0.369 e. The first-order valence-corrected chi connectivity index (χ1v) is 7.29. The zero-order chi connectivity index (χ0) is 13.5. The van der Waals surface area contributed by atoms with Gasteiger partial charge in [0.1, 0.15) is 0 Å². The second kappa shape index (κ2) is 7.74. The fraction of sp³-hybridized carbons (Fsp3) is 0.929. The third-order valence-electron chi connectivity index (χ3n) is 4.07. The SMILES string of the molecule is CCCNC(C)C1CCN(CC(C)C(N)=O)CC1. The maximum Gasteiger partial charge on any atom is 0.221 e. The fourth-order valence-corrected chi connectivity index (χ4v) is 2.65. The first-order chi connectivity index (χ1) is 8.54. The predicted octanol–water partition coefficient (Wildman–Crippen LogP) is 1.21. The van der Waals surface area contributed by atoms with Gasteiger partial charge in [0, 0.05) is 18.5 Å². The highest BCUT2D eigenvalue weighted by molar-refractivity contribution is 5.76. The highest BCUT2D eigenvalue weighted by Gasteiger charge is 2.24. The lowest BCUT2D eigenvalue weighted by atomic mass is 9.90. The maximum absolute atomic E-state index is 11.0. The van der Waals surface area contributed by atoms with Gasteiger partial charge in [-0.2, -0.15) is 0 Å². The number of nitrogens with two attached hydrogens (primary N) is 1. The normalized spacial score (nSPS) is 21.7. The molecular weight excluding hydrogens is 226 g/mol. The summed E-state index contributed by atoms with van der Waals surface area (Å²) in [5.74, 6) is 0.559. The van der Waals surface area contributed by atoms with Gasteiger partial charge in [0.15, 0.2) is 0 Å². The molecule has 0 saturated carbocycles. The van der Waals surface area contributed by atoms with Crippen molar-refractivity contribution in [3.63, 3.8) is 0 Å². The van der Waals surface area contributed by atoms with Gasteiger partial charge in [-0.25, -0.2) is 0 Å². The standard InChI is InChI=1S/C14H29N3O/c1-4-7-16-12(3)13-5-8-17(9-6-13)10-11(2)14(15)18/h11-13,16H,4-10H2,1-3H3,(H2,15,18). The Morgan fingerprint density at radius 2 is 2.00 bits per heavy atom. The highest BCUT2D eigenvalue weighted by atomic mass is 16.1. The molecule has 0 aromatic heterocycles. The molecule has 1 aliphatic heterocycles. The van der Waals surface area contributed by atoms with Crippen LogP contribution < -0.4 is 11.1 Å². The van der Waals surface area contributed by atoms with Gasteiger partial charge in [-0.3, -0.25) is 4.79 Å². The first kappa shape index (κ1) is 15.4. The molecule has 1 amide bonds. The molecule has 106 valence electrons. The van der Waals surface area contributed by atoms with Gasteiger partial charge in [0.2, 0.25) is 5.91 Å². The van der Waals surface area contributed by atoms with Crippen LogP contribution in [0.4, 0.5) is 0 Å². The number of carbonyl (C=O) groups excluding carboxylic acids is 1. The molecule has 1 rings (SSSR count). The minimum Gasteiger partial charge on any atom is -0.369 e. The van der Waals surface area contributed by atoms with E-state index in [4.69, 9.17) is 5.73 Å². The number of piperidine rings is 1. The van der Waals surface area contributed by atoms with Gasteiger partial charge in [-0.15, -0.1) is 0 Å². The highest BCUT2D eigenvalue weighted by Crippen LogP contribution is 2.21. The van der Waals surface area contributed by atoms with E-state index in [0.717, 1.165) is 32.1 Å². The Balaban J connectivity index is 2.25. The fourth-order valence-electron chi connectivity index (χ4n) is 2.65. The number of hydrogen-bond acceptors (Lipinski definition) is 3. The zero-order valence-corrected chi connectivity index (χ0v) is 12.1. The summed E-state index contributed by atoms with van der Waals surface area (Å²) in [6.45, 7) is 10.5. The molecule has 0 aliphatic carbocycles. The lowest BCUT2D eigenvalue weighted by molar-refractivity contribution is -0.122. The minimum absolute atomic E-state index is 0.0304. The van der Waals surface area contributed by atoms with Crippen LogP contribution in [0.1, 0.15) is 40.0 Å². The smallest absolute Gasteiger partial charge is 0.221 e. The molecule has 18 heavy (non-hydrogen) atoms. The molecule has 4 heteroatoms. The van der Waals surface area contributed by atoms with Crippen molar-refractivity contribution < 1.29 is 4.79 Å². The number of nitrogens with one attached hydrogen (secondary N) is 1. The van der Waals surface area contributed by atoms with Gasteiger partial charge in [-0.1, -0.05) is 13.8 Å². The molecule has 2 atom stereocenters. The topological polar surface area (TPSA) is 58.4 Å². The average Bonchev–Trinajstić information content (AvgIpc) is 2.36. The molecule has 4 nitrogen and oxygen atoms in total. The number of primary amides is 1. The van der Waals surface area contributed by atoms with Crippen molar-refractivity contribution >= 4 is 5.91 Å². The van der Waals surface area contributed by atoms with Crippen LogP contribution >= 0.6 is 0 Å². The summed E-state index contributed by atoms with van der Waals surface area (Å²) in [6, 6.07) is 0.612. The van der Waals surface area contributed by atoms with Crippen LogP contribution in [0.2, 0.25) is 0 Å². The van der Waals surface area contributed by atoms with Crippen molar-refractivity contribution in [2.45, 2.75) is 46.1 Å². The van der Waals surface area contributed by atoms with Crippen LogP contribution in [0.25, 0.3) is 0 Å². The van der Waals surface area contributed by atoms with Crippen LogP contribution in [-0.2, 0) is 4.79 Å². The Morgan fingerprint density at radius 3 is 2.50 bits per heavy atom. The van der Waals surface area contributed by atoms with Gasteiger partial charge < -0.3 is 16.0 Å². The van der Waals surface area contributed by atoms with E-state index < -0.39 is 0 Å². The Bertz CT molecular complexity index is 249. The van der Waals surface area contributed by atoms with E-state index in [1.165, 1.54) is 19.3 Å². The van der Waals surface area contributed by atoms with Crippen molar-refractivity contribution in [2.24, 2.45) is 17.6 Å². The second-order valence-corrected chi connectivity index (χ2v) is 5.68. The summed E-state index contributed by atoms with van der Waals surface area (Å²) in [5.41, 5.74) is 5.31. The molecule has 0 aromatic carbocycles. The molecule has 2 unspecified atom stereocenters. The summed E-state index contributed by atoms with van der Waals surface area (Å²) >= 11 is 0. The van der Waals surface area contributed by atoms with E-state index in [-0.39, 0.29) is 11.8 Å². The van der Waals surface area contributed by atoms with E-state index in [1.807, 2.05) is 6.92 Å². The minimum atomic E-state index is -0.185. The van der Waals surface area contributed by atoms with E-state index >= 15 is 0 Å². The van der Waals surface area contributed by atoms with Crippen molar-refractivity contribution in [2.75, 3.05) is 26.2 Å². The molecule has 0 aromatic rings. The second-order valence-electron chi connectivity index (χ2n) is 5.68. The summed E-state index contributed by atoms with van der Waals surface area (Å²) in [6.07, 6.45) is 3.64. The monoisotopic (exact) mass is 255 g/mol. The first-order valence-electron chi connectivity index (χ1n) is 7.29. The van der Waals surface area contributed by atoms with Crippen molar-refractivity contribution in [1.82, 2.24) is 10.2 Å². The Labute approximate surface area is 111 Å². The van der Waals surface area contributed by atoms with Crippen molar-refractivity contribution in [1.29, 1.82) is 0 Å². The maximum atomic E-state index is 11.0. The van der Waals surface area contributed by atoms with Gasteiger partial charge in [0.25, 0.3) is 0 Å². The summed E-state index contributed by atoms with van der Waals surface area (Å²) < 4.78 is 0. The van der Waals surface area contributed by atoms with Crippen molar-refractivity contribution in [3.8, 4) is 0 Å². The van der Waals surface area contributed by atoms with E-state index in [1.54, 1.807) is 0 Å². The quantitative estimate of drug-likeness (QED) is 0.719. The Kier molecular flexibility index (Phi) is 6.65. The van der Waals surface area contributed by atoms with Gasteiger partial charge >= 0.3 is 0 Å². The molecule has 1 aliphatic rings. The number of hydrogen-bond donors (Lipinski definition) is 2. The van der Waals surface area contributed by atoms with Crippen LogP contribution in [0.3, 0.4) is 0 Å². The summed E-state index contributed by atoms with van der Waals surface area (Å²) in [7, 11) is 0. The molecule has 3 N–H and O–H groups in total. The third kappa shape index (κ3) is 4.94. The third-order valence-corrected chi connectivity index (χ3v) is 4.07. The molecule has 0 spiro atoms. The molecule has 1 fully saturated rings. The molecule has 0 bridgehead atoms. The predicted molar refractivity (Wildman–Crippen MR) is 75.3 cm³/mol. The van der Waals surface area contributed by atoms with Crippen LogP contribution in [0, 0.1) is 11.8 Å². The number of carbonyl (C=O) groups is 1. The van der Waals surface area contributed by atoms with Crippen LogP contribution in [0.15, 0.2) is 0 Å². The molecule has 1 saturated heterocycles. The number of rotatable bonds is 7. The van der Waals surface area contributed by atoms with Crippen LogP contribution in [-0.4, -0.2) is 43.0 Å². The Morgan fingerprint density at radius 1 is 1.39 bits per heavy atom. The molecule has 1 heterocycles. The van der Waals surface area contributed by atoms with E-state index in [2.05, 4.69) is 24.1 Å². The Hall–Kier alpha value is -0.610. The molecule has 0 radical (unpaired) electrons. The average molecular weight is 255 g/mol. The van der Waals surface area contributed by atoms with Crippen molar-refractivity contribution in [3.05, 3.63) is 0 Å². The lowest BCUT2D eigenvalue weighted by Gasteiger charge is -2.36. The lowest BCUT2D eigenvalue weighted by Crippen LogP contribution is -2.44.